The molecule has 1 aliphatic heterocycles. The molecular weight excluding hydrogens is 190 g/mol. The number of likely N-dealkylation sites (tertiary alicyclic amines) is 1. The van der Waals surface area contributed by atoms with Crippen molar-refractivity contribution in [3.05, 3.63) is 11.8 Å². The standard InChI is InChI=1S/C11H21N3O/c1-2-10(12)6-7-13-11(15)14-8-4-3-5-9-14/h2H,3-9,12H2,1H3,(H,13,15)/b10-2-. The average Bonchev–Trinajstić information content (AvgIpc) is 2.29. The second kappa shape index (κ2) is 6.32. The Morgan fingerprint density at radius 2 is 2.07 bits per heavy atom. The second-order valence-corrected chi connectivity index (χ2v) is 3.89. The van der Waals surface area contributed by atoms with Gasteiger partial charge in [-0.05, 0) is 26.2 Å². The Morgan fingerprint density at radius 3 is 2.67 bits per heavy atom. The molecule has 0 unspecified atom stereocenters. The van der Waals surface area contributed by atoms with E-state index in [0.717, 1.165) is 38.0 Å². The molecule has 0 radical (unpaired) electrons. The fourth-order valence-corrected chi connectivity index (χ4v) is 1.67. The largest absolute Gasteiger partial charge is 0.402 e. The Labute approximate surface area is 91.5 Å². The molecule has 1 heterocycles. The summed E-state index contributed by atoms with van der Waals surface area (Å²) in [5.74, 6) is 0. The fourth-order valence-electron chi connectivity index (χ4n) is 1.67. The smallest absolute Gasteiger partial charge is 0.317 e. The highest BCUT2D eigenvalue weighted by atomic mass is 16.2. The lowest BCUT2D eigenvalue weighted by molar-refractivity contribution is 0.186. The lowest BCUT2D eigenvalue weighted by Gasteiger charge is -2.26. The van der Waals surface area contributed by atoms with Crippen molar-refractivity contribution in [2.24, 2.45) is 5.73 Å². The van der Waals surface area contributed by atoms with E-state index < -0.39 is 0 Å². The second-order valence-electron chi connectivity index (χ2n) is 3.89. The number of piperidine rings is 1. The maximum Gasteiger partial charge on any atom is 0.317 e. The van der Waals surface area contributed by atoms with E-state index in [4.69, 9.17) is 5.73 Å². The van der Waals surface area contributed by atoms with Gasteiger partial charge in [0.05, 0.1) is 0 Å². The van der Waals surface area contributed by atoms with Crippen molar-refractivity contribution in [3.63, 3.8) is 0 Å². The number of nitrogens with two attached hydrogens (primary N) is 1. The molecule has 1 aliphatic rings. The van der Waals surface area contributed by atoms with Gasteiger partial charge in [0, 0.05) is 31.8 Å². The summed E-state index contributed by atoms with van der Waals surface area (Å²) in [6.45, 7) is 4.32. The normalized spacial score (nSPS) is 17.7. The lowest BCUT2D eigenvalue weighted by atomic mass is 10.1. The minimum atomic E-state index is 0.0543. The van der Waals surface area contributed by atoms with E-state index in [1.54, 1.807) is 0 Å². The molecule has 0 bridgehead atoms. The molecular formula is C11H21N3O. The van der Waals surface area contributed by atoms with Gasteiger partial charge in [-0.1, -0.05) is 6.08 Å². The van der Waals surface area contributed by atoms with Crippen LogP contribution >= 0.6 is 0 Å². The highest BCUT2D eigenvalue weighted by Gasteiger charge is 2.15. The zero-order valence-electron chi connectivity index (χ0n) is 9.46. The first-order valence-corrected chi connectivity index (χ1v) is 5.67. The molecule has 0 aromatic rings. The minimum absolute atomic E-state index is 0.0543. The van der Waals surface area contributed by atoms with Crippen LogP contribution in [0, 0.1) is 0 Å². The van der Waals surface area contributed by atoms with Crippen molar-refractivity contribution in [1.29, 1.82) is 0 Å². The molecule has 4 heteroatoms. The van der Waals surface area contributed by atoms with Crippen LogP contribution in [0.4, 0.5) is 4.79 Å². The molecule has 1 saturated heterocycles. The molecule has 1 rings (SSSR count). The van der Waals surface area contributed by atoms with Gasteiger partial charge in [0.2, 0.25) is 0 Å². The van der Waals surface area contributed by atoms with Crippen LogP contribution in [0.3, 0.4) is 0 Å². The SMILES string of the molecule is C/C=C(\N)CCNC(=O)N1CCCCC1. The first-order chi connectivity index (χ1) is 7.24. The number of nitrogens with one attached hydrogen (secondary N) is 1. The quantitative estimate of drug-likeness (QED) is 0.742. The molecule has 3 N–H and O–H groups in total. The predicted molar refractivity (Wildman–Crippen MR) is 61.4 cm³/mol. The third-order valence-electron chi connectivity index (χ3n) is 2.70. The lowest BCUT2D eigenvalue weighted by Crippen LogP contribution is -2.43. The van der Waals surface area contributed by atoms with Crippen LogP contribution in [0.1, 0.15) is 32.6 Å². The van der Waals surface area contributed by atoms with E-state index in [-0.39, 0.29) is 6.03 Å². The van der Waals surface area contributed by atoms with Gasteiger partial charge >= 0.3 is 6.03 Å². The molecule has 4 nitrogen and oxygen atoms in total. The molecule has 0 aromatic carbocycles. The summed E-state index contributed by atoms with van der Waals surface area (Å²) in [6.07, 6.45) is 6.10. The van der Waals surface area contributed by atoms with E-state index in [1.807, 2.05) is 17.9 Å². The molecule has 0 aliphatic carbocycles. The van der Waals surface area contributed by atoms with E-state index in [1.165, 1.54) is 6.42 Å². The maximum absolute atomic E-state index is 11.6. The first kappa shape index (κ1) is 11.9. The van der Waals surface area contributed by atoms with Gasteiger partial charge in [0.15, 0.2) is 0 Å². The zero-order chi connectivity index (χ0) is 11.1. The first-order valence-electron chi connectivity index (χ1n) is 5.67. The van der Waals surface area contributed by atoms with Crippen LogP contribution in [-0.2, 0) is 0 Å². The Kier molecular flexibility index (Phi) is 5.01. The van der Waals surface area contributed by atoms with Crippen molar-refractivity contribution in [3.8, 4) is 0 Å². The molecule has 1 fully saturated rings. The Morgan fingerprint density at radius 1 is 1.40 bits per heavy atom. The summed E-state index contributed by atoms with van der Waals surface area (Å²) >= 11 is 0. The van der Waals surface area contributed by atoms with E-state index in [9.17, 15) is 4.79 Å². The summed E-state index contributed by atoms with van der Waals surface area (Å²) in [5.41, 5.74) is 6.46. The van der Waals surface area contributed by atoms with Gasteiger partial charge in [-0.15, -0.1) is 0 Å². The third kappa shape index (κ3) is 4.23. The monoisotopic (exact) mass is 211 g/mol. The minimum Gasteiger partial charge on any atom is -0.402 e. The molecule has 86 valence electrons. The Bertz CT molecular complexity index is 232. The van der Waals surface area contributed by atoms with Crippen LogP contribution in [0.15, 0.2) is 11.8 Å². The molecule has 2 amide bonds. The number of carbonyl (C=O) groups excluding carboxylic acids is 1. The van der Waals surface area contributed by atoms with Crippen molar-refractivity contribution in [2.75, 3.05) is 19.6 Å². The van der Waals surface area contributed by atoms with E-state index in [2.05, 4.69) is 5.32 Å². The number of nitrogens with zero attached hydrogens (tertiary/aromatic N) is 1. The third-order valence-corrected chi connectivity index (χ3v) is 2.70. The van der Waals surface area contributed by atoms with Gasteiger partial charge in [0.1, 0.15) is 0 Å². The number of rotatable bonds is 3. The van der Waals surface area contributed by atoms with Crippen molar-refractivity contribution in [1.82, 2.24) is 10.2 Å². The number of hydrogen-bond acceptors (Lipinski definition) is 2. The van der Waals surface area contributed by atoms with Crippen LogP contribution in [0.5, 0.6) is 0 Å². The molecule has 0 atom stereocenters. The highest BCUT2D eigenvalue weighted by Crippen LogP contribution is 2.08. The number of amides is 2. The van der Waals surface area contributed by atoms with Gasteiger partial charge < -0.3 is 16.0 Å². The highest BCUT2D eigenvalue weighted by molar-refractivity contribution is 5.74. The Hall–Kier alpha value is -1.19. The topological polar surface area (TPSA) is 58.4 Å². The van der Waals surface area contributed by atoms with Gasteiger partial charge in [-0.3, -0.25) is 0 Å². The average molecular weight is 211 g/mol. The molecule has 0 spiro atoms. The van der Waals surface area contributed by atoms with E-state index >= 15 is 0 Å². The Balaban J connectivity index is 2.17. The van der Waals surface area contributed by atoms with Crippen molar-refractivity contribution < 1.29 is 4.79 Å². The maximum atomic E-state index is 11.6. The number of carbonyl (C=O) groups is 1. The van der Waals surface area contributed by atoms with Crippen LogP contribution < -0.4 is 11.1 Å². The zero-order valence-corrected chi connectivity index (χ0v) is 9.46. The van der Waals surface area contributed by atoms with Crippen LogP contribution in [-0.4, -0.2) is 30.6 Å². The predicted octanol–water partition coefficient (Wildman–Crippen LogP) is 1.43. The fraction of sp³-hybridized carbons (Fsp3) is 0.727. The summed E-state index contributed by atoms with van der Waals surface area (Å²) in [4.78, 5) is 13.5. The summed E-state index contributed by atoms with van der Waals surface area (Å²) in [5, 5.41) is 2.88. The summed E-state index contributed by atoms with van der Waals surface area (Å²) < 4.78 is 0. The van der Waals surface area contributed by atoms with Gasteiger partial charge in [-0.2, -0.15) is 0 Å². The van der Waals surface area contributed by atoms with E-state index in [0.29, 0.717) is 6.54 Å². The summed E-state index contributed by atoms with van der Waals surface area (Å²) in [6, 6.07) is 0.0543. The number of allylic oxidation sites excluding steroid dienone is 1. The number of urea groups is 1. The van der Waals surface area contributed by atoms with Crippen molar-refractivity contribution in [2.45, 2.75) is 32.6 Å². The van der Waals surface area contributed by atoms with Gasteiger partial charge in [-0.25, -0.2) is 4.79 Å². The summed E-state index contributed by atoms with van der Waals surface area (Å²) in [7, 11) is 0. The molecule has 15 heavy (non-hydrogen) atoms. The molecule has 0 aromatic heterocycles. The van der Waals surface area contributed by atoms with Gasteiger partial charge in [0.25, 0.3) is 0 Å². The number of hydrogen-bond donors (Lipinski definition) is 2. The van der Waals surface area contributed by atoms with Crippen molar-refractivity contribution >= 4 is 6.03 Å². The molecule has 0 saturated carbocycles. The van der Waals surface area contributed by atoms with Crippen LogP contribution in [0.2, 0.25) is 0 Å². The van der Waals surface area contributed by atoms with Crippen LogP contribution in [0.25, 0.3) is 0 Å².